The van der Waals surface area contributed by atoms with Gasteiger partial charge < -0.3 is 14.6 Å². The molecule has 0 aliphatic rings. The zero-order chi connectivity index (χ0) is 17.6. The second-order valence-electron chi connectivity index (χ2n) is 5.36. The first-order valence-corrected chi connectivity index (χ1v) is 8.64. The molecular weight excluding hydrogens is 340 g/mol. The summed E-state index contributed by atoms with van der Waals surface area (Å²) in [5.74, 6) is 0.286. The van der Waals surface area contributed by atoms with E-state index in [1.54, 1.807) is 13.2 Å². The molecule has 130 valence electrons. The van der Waals surface area contributed by atoms with E-state index in [2.05, 4.69) is 20.7 Å². The topological polar surface area (TPSA) is 90.1 Å². The summed E-state index contributed by atoms with van der Waals surface area (Å²) in [7, 11) is 1.63. The van der Waals surface area contributed by atoms with Gasteiger partial charge in [-0.25, -0.2) is 0 Å². The summed E-state index contributed by atoms with van der Waals surface area (Å²) in [5, 5.41) is 16.5. The molecule has 25 heavy (non-hydrogen) atoms. The highest BCUT2D eigenvalue weighted by atomic mass is 32.1. The van der Waals surface area contributed by atoms with Crippen LogP contribution in [-0.2, 0) is 11.2 Å². The molecule has 0 saturated carbocycles. The average molecular weight is 358 g/mol. The SMILES string of the molecule is CO[C@@H](C)c1nnc(CCNC(=O)c2cc(-c3ccccc3)on2)s1. The Bertz CT molecular complexity index is 831. The normalized spacial score (nSPS) is 12.1. The molecule has 1 N–H and O–H groups in total. The third kappa shape index (κ3) is 4.28. The second-order valence-corrected chi connectivity index (χ2v) is 6.45. The summed E-state index contributed by atoms with van der Waals surface area (Å²) in [4.78, 5) is 12.2. The van der Waals surface area contributed by atoms with E-state index in [9.17, 15) is 4.79 Å². The lowest BCUT2D eigenvalue weighted by atomic mass is 10.1. The molecule has 0 spiro atoms. The van der Waals surface area contributed by atoms with Gasteiger partial charge in [0.2, 0.25) is 0 Å². The van der Waals surface area contributed by atoms with Crippen molar-refractivity contribution in [2.75, 3.05) is 13.7 Å². The Morgan fingerprint density at radius 1 is 1.32 bits per heavy atom. The fourth-order valence-electron chi connectivity index (χ4n) is 2.13. The van der Waals surface area contributed by atoms with Gasteiger partial charge in [-0.15, -0.1) is 10.2 Å². The Hall–Kier alpha value is -2.58. The van der Waals surface area contributed by atoms with Crippen LogP contribution < -0.4 is 5.32 Å². The predicted molar refractivity (Wildman–Crippen MR) is 93.3 cm³/mol. The van der Waals surface area contributed by atoms with Crippen molar-refractivity contribution in [2.24, 2.45) is 0 Å². The molecular formula is C17H18N4O3S. The van der Waals surface area contributed by atoms with Crippen LogP contribution in [0.25, 0.3) is 11.3 Å². The van der Waals surface area contributed by atoms with Crippen molar-refractivity contribution < 1.29 is 14.1 Å². The third-order valence-corrected chi connectivity index (χ3v) is 4.75. The number of carbonyl (C=O) groups excluding carboxylic acids is 1. The largest absolute Gasteiger partial charge is 0.374 e. The summed E-state index contributed by atoms with van der Waals surface area (Å²) in [6, 6.07) is 11.1. The molecule has 0 saturated heterocycles. The lowest BCUT2D eigenvalue weighted by Crippen LogP contribution is -2.25. The summed E-state index contributed by atoms with van der Waals surface area (Å²) in [6.45, 7) is 2.36. The number of aromatic nitrogens is 3. The first-order chi connectivity index (χ1) is 12.2. The van der Waals surface area contributed by atoms with Crippen LogP contribution >= 0.6 is 11.3 Å². The highest BCUT2D eigenvalue weighted by Gasteiger charge is 2.14. The highest BCUT2D eigenvalue weighted by Crippen LogP contribution is 2.21. The van der Waals surface area contributed by atoms with E-state index in [0.29, 0.717) is 18.7 Å². The molecule has 0 radical (unpaired) electrons. The molecule has 3 rings (SSSR count). The van der Waals surface area contributed by atoms with Crippen molar-refractivity contribution in [3.63, 3.8) is 0 Å². The maximum Gasteiger partial charge on any atom is 0.273 e. The zero-order valence-corrected chi connectivity index (χ0v) is 14.7. The van der Waals surface area contributed by atoms with Crippen LogP contribution in [-0.4, -0.2) is 34.9 Å². The highest BCUT2D eigenvalue weighted by molar-refractivity contribution is 7.11. The van der Waals surface area contributed by atoms with E-state index >= 15 is 0 Å². The Labute approximate surface area is 149 Å². The van der Waals surface area contributed by atoms with Crippen LogP contribution in [0.4, 0.5) is 0 Å². The van der Waals surface area contributed by atoms with Crippen LogP contribution in [0.15, 0.2) is 40.9 Å². The molecule has 1 aromatic carbocycles. The average Bonchev–Trinajstić information content (AvgIpc) is 3.31. The number of carbonyl (C=O) groups is 1. The number of hydrogen-bond acceptors (Lipinski definition) is 7. The Morgan fingerprint density at radius 2 is 2.12 bits per heavy atom. The minimum absolute atomic E-state index is 0.0765. The molecule has 0 aliphatic carbocycles. The molecule has 1 amide bonds. The van der Waals surface area contributed by atoms with E-state index < -0.39 is 0 Å². The third-order valence-electron chi connectivity index (χ3n) is 3.61. The van der Waals surface area contributed by atoms with Crippen LogP contribution in [0.2, 0.25) is 0 Å². The van der Waals surface area contributed by atoms with Gasteiger partial charge in [0.15, 0.2) is 11.5 Å². The number of methoxy groups -OCH3 is 1. The predicted octanol–water partition coefficient (Wildman–Crippen LogP) is 2.87. The van der Waals surface area contributed by atoms with Gasteiger partial charge >= 0.3 is 0 Å². The number of ether oxygens (including phenoxy) is 1. The number of benzene rings is 1. The molecule has 0 aliphatic heterocycles. The summed E-state index contributed by atoms with van der Waals surface area (Å²) in [5.41, 5.74) is 1.13. The first kappa shape index (κ1) is 17.2. The molecule has 3 aromatic rings. The van der Waals surface area contributed by atoms with Crippen molar-refractivity contribution in [2.45, 2.75) is 19.4 Å². The van der Waals surface area contributed by atoms with Gasteiger partial charge in [-0.1, -0.05) is 46.8 Å². The van der Waals surface area contributed by atoms with E-state index in [4.69, 9.17) is 9.26 Å². The Balaban J connectivity index is 1.53. The second kappa shape index (κ2) is 8.00. The molecule has 7 nitrogen and oxygen atoms in total. The minimum atomic E-state index is -0.277. The summed E-state index contributed by atoms with van der Waals surface area (Å²) >= 11 is 1.48. The van der Waals surface area contributed by atoms with Gasteiger partial charge in [0.25, 0.3) is 5.91 Å². The van der Waals surface area contributed by atoms with Crippen molar-refractivity contribution in [1.29, 1.82) is 0 Å². The number of nitrogens with zero attached hydrogens (tertiary/aromatic N) is 3. The van der Waals surface area contributed by atoms with Gasteiger partial charge in [0.1, 0.15) is 16.1 Å². The molecule has 0 bridgehead atoms. The van der Waals surface area contributed by atoms with Crippen LogP contribution in [0.5, 0.6) is 0 Å². The van der Waals surface area contributed by atoms with Crippen molar-refractivity contribution in [1.82, 2.24) is 20.7 Å². The van der Waals surface area contributed by atoms with Crippen molar-refractivity contribution >= 4 is 17.2 Å². The first-order valence-electron chi connectivity index (χ1n) is 7.83. The molecule has 0 unspecified atom stereocenters. The Morgan fingerprint density at radius 3 is 2.88 bits per heavy atom. The number of rotatable bonds is 7. The Kier molecular flexibility index (Phi) is 5.52. The van der Waals surface area contributed by atoms with E-state index in [0.717, 1.165) is 15.6 Å². The van der Waals surface area contributed by atoms with Gasteiger partial charge in [-0.3, -0.25) is 4.79 Å². The monoisotopic (exact) mass is 358 g/mol. The van der Waals surface area contributed by atoms with Gasteiger partial charge in [0.05, 0.1) is 0 Å². The summed E-state index contributed by atoms with van der Waals surface area (Å²) < 4.78 is 10.4. The lowest BCUT2D eigenvalue weighted by molar-refractivity contribution is 0.0945. The molecule has 8 heteroatoms. The molecule has 2 heterocycles. The zero-order valence-electron chi connectivity index (χ0n) is 13.9. The quantitative estimate of drug-likeness (QED) is 0.698. The molecule has 2 aromatic heterocycles. The number of amides is 1. The number of nitrogens with one attached hydrogen (secondary N) is 1. The fraction of sp³-hybridized carbons (Fsp3) is 0.294. The number of hydrogen-bond donors (Lipinski definition) is 1. The maximum atomic E-state index is 12.2. The molecule has 1 atom stereocenters. The maximum absolute atomic E-state index is 12.2. The van der Waals surface area contributed by atoms with Crippen LogP contribution in [0.1, 0.15) is 33.5 Å². The molecule has 0 fully saturated rings. The van der Waals surface area contributed by atoms with Crippen LogP contribution in [0, 0.1) is 0 Å². The van der Waals surface area contributed by atoms with E-state index in [1.165, 1.54) is 11.3 Å². The van der Waals surface area contributed by atoms with Crippen molar-refractivity contribution in [3.8, 4) is 11.3 Å². The van der Waals surface area contributed by atoms with E-state index in [-0.39, 0.29) is 17.7 Å². The summed E-state index contributed by atoms with van der Waals surface area (Å²) in [6.07, 6.45) is 0.524. The van der Waals surface area contributed by atoms with Gasteiger partial charge in [-0.2, -0.15) is 0 Å². The van der Waals surface area contributed by atoms with Gasteiger partial charge in [0, 0.05) is 31.7 Å². The standard InChI is InChI=1S/C17H18N4O3S/c1-11(23-2)17-20-19-15(25-17)8-9-18-16(22)13-10-14(24-21-13)12-6-4-3-5-7-12/h3-7,10-11H,8-9H2,1-2H3,(H,18,22)/t11-/m0/s1. The smallest absolute Gasteiger partial charge is 0.273 e. The van der Waals surface area contributed by atoms with Crippen LogP contribution in [0.3, 0.4) is 0 Å². The van der Waals surface area contributed by atoms with Gasteiger partial charge in [-0.05, 0) is 6.92 Å². The minimum Gasteiger partial charge on any atom is -0.374 e. The van der Waals surface area contributed by atoms with Crippen molar-refractivity contribution in [3.05, 3.63) is 52.1 Å². The lowest BCUT2D eigenvalue weighted by Gasteiger charge is -2.02. The van der Waals surface area contributed by atoms with E-state index in [1.807, 2.05) is 37.3 Å². The fourth-order valence-corrected chi connectivity index (χ4v) is 3.00.